The molecule has 0 aromatic heterocycles. The Morgan fingerprint density at radius 2 is 0.870 bits per heavy atom. The van der Waals surface area contributed by atoms with Crippen molar-refractivity contribution < 1.29 is 23.8 Å². The molecule has 0 saturated carbocycles. The molecule has 0 bridgehead atoms. The fraction of sp³-hybridized carbons (Fsp3) is 0.854. The second-order valence-corrected chi connectivity index (χ2v) is 13.2. The predicted molar refractivity (Wildman–Crippen MR) is 196 cm³/mol. The van der Waals surface area contributed by atoms with E-state index in [0.29, 0.717) is 19.4 Å². The Hall–Kier alpha value is -1.62. The lowest BCUT2D eigenvalue weighted by Gasteiger charge is -2.18. The minimum absolute atomic E-state index is 0.0822. The molecule has 5 nitrogen and oxygen atoms in total. The minimum Gasteiger partial charge on any atom is -0.462 e. The van der Waals surface area contributed by atoms with Gasteiger partial charge in [-0.25, -0.2) is 0 Å². The molecule has 0 saturated heterocycles. The van der Waals surface area contributed by atoms with Crippen LogP contribution in [0.15, 0.2) is 24.3 Å². The number of ether oxygens (including phenoxy) is 3. The first-order valence-corrected chi connectivity index (χ1v) is 19.9. The number of carbonyl (C=O) groups excluding carboxylic acids is 2. The first-order valence-electron chi connectivity index (χ1n) is 19.9. The summed E-state index contributed by atoms with van der Waals surface area (Å²) in [4.78, 5) is 24.9. The van der Waals surface area contributed by atoms with E-state index in [0.717, 1.165) is 51.4 Å². The van der Waals surface area contributed by atoms with Gasteiger partial charge in [-0.15, -0.1) is 0 Å². The zero-order chi connectivity index (χ0) is 33.6. The summed E-state index contributed by atoms with van der Waals surface area (Å²) in [5, 5.41) is 0. The summed E-state index contributed by atoms with van der Waals surface area (Å²) in [6.45, 7) is 7.70. The topological polar surface area (TPSA) is 61.8 Å². The quantitative estimate of drug-likeness (QED) is 0.0384. The lowest BCUT2D eigenvalue weighted by Crippen LogP contribution is -2.30. The fourth-order valence-electron chi connectivity index (χ4n) is 5.41. The molecule has 0 aromatic carbocycles. The van der Waals surface area contributed by atoms with Crippen LogP contribution in [0, 0.1) is 0 Å². The summed E-state index contributed by atoms with van der Waals surface area (Å²) in [5.74, 6) is -0.415. The molecule has 0 radical (unpaired) electrons. The Morgan fingerprint density at radius 1 is 0.457 bits per heavy atom. The number of allylic oxidation sites excluding steroid dienone is 4. The summed E-state index contributed by atoms with van der Waals surface area (Å²) in [6.07, 6.45) is 40.3. The highest BCUT2D eigenvalue weighted by molar-refractivity contribution is 5.70. The van der Waals surface area contributed by atoms with Crippen LogP contribution in [0.3, 0.4) is 0 Å². The van der Waals surface area contributed by atoms with Gasteiger partial charge in [-0.05, 0) is 57.8 Å². The third-order valence-corrected chi connectivity index (χ3v) is 8.46. The zero-order valence-electron chi connectivity index (χ0n) is 30.8. The number of carbonyl (C=O) groups is 2. The molecule has 1 unspecified atom stereocenters. The van der Waals surface area contributed by atoms with Crippen molar-refractivity contribution in [2.45, 2.75) is 207 Å². The van der Waals surface area contributed by atoms with Crippen LogP contribution in [0.2, 0.25) is 0 Å². The van der Waals surface area contributed by atoms with Gasteiger partial charge in [0, 0.05) is 19.4 Å². The van der Waals surface area contributed by atoms with E-state index < -0.39 is 6.10 Å². The maximum atomic E-state index is 12.5. The number of hydrogen-bond acceptors (Lipinski definition) is 5. The third kappa shape index (κ3) is 35.2. The molecule has 0 amide bonds. The van der Waals surface area contributed by atoms with Crippen molar-refractivity contribution >= 4 is 11.9 Å². The maximum absolute atomic E-state index is 12.5. The molecule has 0 N–H and O–H groups in total. The van der Waals surface area contributed by atoms with Crippen LogP contribution < -0.4 is 0 Å². The van der Waals surface area contributed by atoms with Crippen molar-refractivity contribution in [3.8, 4) is 0 Å². The number of unbranched alkanes of at least 4 members (excludes halogenated alkanes) is 21. The molecule has 5 heteroatoms. The van der Waals surface area contributed by atoms with Crippen LogP contribution >= 0.6 is 0 Å². The summed E-state index contributed by atoms with van der Waals surface area (Å²) in [5.41, 5.74) is 0. The van der Waals surface area contributed by atoms with E-state index >= 15 is 0 Å². The molecule has 46 heavy (non-hydrogen) atoms. The molecule has 0 aliphatic rings. The second-order valence-electron chi connectivity index (χ2n) is 13.2. The van der Waals surface area contributed by atoms with E-state index in [1.54, 1.807) is 0 Å². The highest BCUT2D eigenvalue weighted by Crippen LogP contribution is 2.12. The minimum atomic E-state index is -0.531. The average molecular weight is 649 g/mol. The van der Waals surface area contributed by atoms with Crippen LogP contribution in [-0.4, -0.2) is 37.9 Å². The smallest absolute Gasteiger partial charge is 0.306 e. The largest absolute Gasteiger partial charge is 0.462 e. The van der Waals surface area contributed by atoms with Gasteiger partial charge < -0.3 is 14.2 Å². The molecule has 0 fully saturated rings. The molecule has 1 atom stereocenters. The van der Waals surface area contributed by atoms with E-state index in [2.05, 4.69) is 45.1 Å². The molecule has 0 aromatic rings. The Balaban J connectivity index is 4.20. The van der Waals surface area contributed by atoms with Crippen molar-refractivity contribution in [1.82, 2.24) is 0 Å². The average Bonchev–Trinajstić information content (AvgIpc) is 3.05. The van der Waals surface area contributed by atoms with Gasteiger partial charge in [0.05, 0.1) is 6.61 Å². The lowest BCUT2D eigenvalue weighted by molar-refractivity contribution is -0.163. The van der Waals surface area contributed by atoms with Crippen LogP contribution in [0.5, 0.6) is 0 Å². The standard InChI is InChI=1S/C41H76O5/c1-4-7-10-13-16-18-20-22-24-27-30-33-36-44-37-39(46-41(43)35-32-29-25-15-12-9-6-3)38-45-40(42)34-31-28-26-23-21-19-17-14-11-8-5-2/h13-14,16-17,39H,4-12,15,18-38H2,1-3H3/b16-13-,17-14-. The summed E-state index contributed by atoms with van der Waals surface area (Å²) >= 11 is 0. The van der Waals surface area contributed by atoms with Crippen LogP contribution in [0.1, 0.15) is 201 Å². The molecule has 0 rings (SSSR count). The van der Waals surface area contributed by atoms with Gasteiger partial charge in [0.25, 0.3) is 0 Å². The van der Waals surface area contributed by atoms with Crippen molar-refractivity contribution in [1.29, 1.82) is 0 Å². The van der Waals surface area contributed by atoms with Gasteiger partial charge in [0.15, 0.2) is 6.10 Å². The molecular weight excluding hydrogens is 572 g/mol. The van der Waals surface area contributed by atoms with Gasteiger partial charge >= 0.3 is 11.9 Å². The second kappa shape index (κ2) is 37.8. The first-order chi connectivity index (χ1) is 22.6. The summed E-state index contributed by atoms with van der Waals surface area (Å²) < 4.78 is 17.1. The molecule has 0 aliphatic carbocycles. The first kappa shape index (κ1) is 44.4. The zero-order valence-corrected chi connectivity index (χ0v) is 30.8. The monoisotopic (exact) mass is 649 g/mol. The normalized spacial score (nSPS) is 12.3. The SMILES string of the molecule is CCCC/C=C\CCCCCCCCOCC(COC(=O)CCCCCCC/C=C\CCCC)OC(=O)CCCCCCCCC. The highest BCUT2D eigenvalue weighted by atomic mass is 16.6. The number of rotatable bonds is 36. The molecule has 0 heterocycles. The van der Waals surface area contributed by atoms with Crippen molar-refractivity contribution in [2.75, 3.05) is 19.8 Å². The van der Waals surface area contributed by atoms with Crippen molar-refractivity contribution in [3.63, 3.8) is 0 Å². The van der Waals surface area contributed by atoms with E-state index in [1.165, 1.54) is 116 Å². The van der Waals surface area contributed by atoms with Crippen LogP contribution in [0.4, 0.5) is 0 Å². The molecule has 270 valence electrons. The van der Waals surface area contributed by atoms with E-state index in [4.69, 9.17) is 14.2 Å². The van der Waals surface area contributed by atoms with Crippen molar-refractivity contribution in [2.24, 2.45) is 0 Å². The predicted octanol–water partition coefficient (Wildman–Crippen LogP) is 12.6. The number of esters is 2. The van der Waals surface area contributed by atoms with E-state index in [1.807, 2.05) is 0 Å². The molecular formula is C41H76O5. The van der Waals surface area contributed by atoms with Gasteiger partial charge in [-0.3, -0.25) is 9.59 Å². The summed E-state index contributed by atoms with van der Waals surface area (Å²) in [7, 11) is 0. The highest BCUT2D eigenvalue weighted by Gasteiger charge is 2.17. The van der Waals surface area contributed by atoms with E-state index in [-0.39, 0.29) is 25.2 Å². The Labute approximate surface area is 286 Å². The van der Waals surface area contributed by atoms with Gasteiger partial charge in [0.1, 0.15) is 6.61 Å². The van der Waals surface area contributed by atoms with Crippen molar-refractivity contribution in [3.05, 3.63) is 24.3 Å². The molecule has 0 aliphatic heterocycles. The fourth-order valence-corrected chi connectivity index (χ4v) is 5.41. The Bertz CT molecular complexity index is 701. The van der Waals surface area contributed by atoms with Crippen LogP contribution in [0.25, 0.3) is 0 Å². The summed E-state index contributed by atoms with van der Waals surface area (Å²) in [6, 6.07) is 0. The van der Waals surface area contributed by atoms with E-state index in [9.17, 15) is 9.59 Å². The maximum Gasteiger partial charge on any atom is 0.306 e. The third-order valence-electron chi connectivity index (χ3n) is 8.46. The lowest BCUT2D eigenvalue weighted by atomic mass is 10.1. The Morgan fingerprint density at radius 3 is 1.39 bits per heavy atom. The van der Waals surface area contributed by atoms with Gasteiger partial charge in [-0.1, -0.05) is 154 Å². The molecule has 0 spiro atoms. The van der Waals surface area contributed by atoms with Gasteiger partial charge in [-0.2, -0.15) is 0 Å². The van der Waals surface area contributed by atoms with Gasteiger partial charge in [0.2, 0.25) is 0 Å². The Kier molecular flexibility index (Phi) is 36.5. The van der Waals surface area contributed by atoms with Crippen LogP contribution in [-0.2, 0) is 23.8 Å². The number of hydrogen-bond donors (Lipinski definition) is 0.